The maximum atomic E-state index is 11.1. The number of benzene rings is 1. The minimum atomic E-state index is -3.82. The summed E-state index contributed by atoms with van der Waals surface area (Å²) in [6.45, 7) is 0. The van der Waals surface area contributed by atoms with Gasteiger partial charge in [0.1, 0.15) is 0 Å². The van der Waals surface area contributed by atoms with E-state index in [0.29, 0.717) is 11.3 Å². The normalized spacial score (nSPS) is 15.6. The van der Waals surface area contributed by atoms with Gasteiger partial charge in [0.25, 0.3) is 15.0 Å². The molecular formula is C9H6ClNO4S. The molecule has 7 heteroatoms. The van der Waals surface area contributed by atoms with E-state index in [1.54, 1.807) is 0 Å². The van der Waals surface area contributed by atoms with Crippen molar-refractivity contribution in [3.05, 3.63) is 23.8 Å². The summed E-state index contributed by atoms with van der Waals surface area (Å²) in [5, 5.41) is 2.36. The number of hydrogen-bond acceptors (Lipinski definition) is 4. The van der Waals surface area contributed by atoms with Crippen LogP contribution in [0.2, 0.25) is 0 Å². The first-order chi connectivity index (χ1) is 7.38. The van der Waals surface area contributed by atoms with Gasteiger partial charge in [0, 0.05) is 22.8 Å². The maximum Gasteiger partial charge on any atom is 0.292 e. The van der Waals surface area contributed by atoms with Gasteiger partial charge in [0.05, 0.1) is 4.90 Å². The Morgan fingerprint density at radius 2 is 1.94 bits per heavy atom. The van der Waals surface area contributed by atoms with Crippen LogP contribution in [0.3, 0.4) is 0 Å². The summed E-state index contributed by atoms with van der Waals surface area (Å²) < 4.78 is 22.1. The van der Waals surface area contributed by atoms with Gasteiger partial charge in [-0.1, -0.05) is 0 Å². The highest BCUT2D eigenvalue weighted by molar-refractivity contribution is 8.13. The monoisotopic (exact) mass is 259 g/mol. The van der Waals surface area contributed by atoms with E-state index in [-0.39, 0.29) is 11.3 Å². The first-order valence-corrected chi connectivity index (χ1v) is 6.60. The molecule has 0 aliphatic carbocycles. The lowest BCUT2D eigenvalue weighted by Crippen LogP contribution is -2.29. The average molecular weight is 260 g/mol. The van der Waals surface area contributed by atoms with Gasteiger partial charge in [-0.2, -0.15) is 0 Å². The van der Waals surface area contributed by atoms with Crippen LogP contribution < -0.4 is 5.32 Å². The highest BCUT2D eigenvalue weighted by atomic mass is 35.7. The molecule has 1 aliphatic rings. The number of Topliss-reactive ketones (excluding diaryl/α,β-unsaturated/α-hetero) is 1. The Morgan fingerprint density at radius 3 is 2.56 bits per heavy atom. The van der Waals surface area contributed by atoms with Crippen LogP contribution in [0.15, 0.2) is 23.1 Å². The molecule has 0 bridgehead atoms. The standard InChI is InChI=1S/C9H6ClNO4S/c10-16(14,15)6-1-2-7-5(3-6)4-8(12)9(13)11-7/h1-3H,4H2,(H,11,13). The van der Waals surface area contributed by atoms with E-state index in [2.05, 4.69) is 5.32 Å². The number of rotatable bonds is 1. The predicted molar refractivity (Wildman–Crippen MR) is 56.8 cm³/mol. The zero-order chi connectivity index (χ0) is 11.9. The molecule has 2 rings (SSSR count). The Balaban J connectivity index is 2.52. The SMILES string of the molecule is O=C1Cc2cc(S(=O)(=O)Cl)ccc2NC1=O. The number of hydrogen-bond donors (Lipinski definition) is 1. The minimum Gasteiger partial charge on any atom is -0.319 e. The fourth-order valence-electron chi connectivity index (χ4n) is 1.44. The van der Waals surface area contributed by atoms with Gasteiger partial charge >= 0.3 is 0 Å². The summed E-state index contributed by atoms with van der Waals surface area (Å²) in [5.41, 5.74) is 0.889. The number of amides is 1. The molecule has 1 heterocycles. The molecule has 0 fully saturated rings. The Hall–Kier alpha value is -1.40. The van der Waals surface area contributed by atoms with E-state index < -0.39 is 20.7 Å². The molecule has 1 aromatic carbocycles. The smallest absolute Gasteiger partial charge is 0.292 e. The third kappa shape index (κ3) is 1.94. The fraction of sp³-hybridized carbons (Fsp3) is 0.111. The largest absolute Gasteiger partial charge is 0.319 e. The molecule has 0 saturated heterocycles. The van der Waals surface area contributed by atoms with Gasteiger partial charge < -0.3 is 5.32 Å². The number of halogens is 1. The predicted octanol–water partition coefficient (Wildman–Crippen LogP) is 0.678. The zero-order valence-electron chi connectivity index (χ0n) is 7.86. The van der Waals surface area contributed by atoms with Crippen molar-refractivity contribution >= 4 is 37.1 Å². The number of ketones is 1. The van der Waals surface area contributed by atoms with Crippen LogP contribution in [-0.4, -0.2) is 20.1 Å². The summed E-state index contributed by atoms with van der Waals surface area (Å²) in [6.07, 6.45) is -0.110. The van der Waals surface area contributed by atoms with E-state index in [4.69, 9.17) is 10.7 Å². The van der Waals surface area contributed by atoms with Crippen molar-refractivity contribution in [2.24, 2.45) is 0 Å². The second-order valence-corrected chi connectivity index (χ2v) is 5.88. The number of carbonyl (C=O) groups is 2. The average Bonchev–Trinajstić information content (AvgIpc) is 2.17. The highest BCUT2D eigenvalue weighted by Gasteiger charge is 2.24. The lowest BCUT2D eigenvalue weighted by Gasteiger charge is -2.15. The number of nitrogens with one attached hydrogen (secondary N) is 1. The van der Waals surface area contributed by atoms with Gasteiger partial charge in [-0.15, -0.1) is 0 Å². The molecule has 1 amide bonds. The van der Waals surface area contributed by atoms with Crippen molar-refractivity contribution in [2.75, 3.05) is 5.32 Å². The van der Waals surface area contributed by atoms with Gasteiger partial charge in [-0.25, -0.2) is 8.42 Å². The second kappa shape index (κ2) is 3.57. The molecule has 0 atom stereocenters. The Kier molecular flexibility index (Phi) is 2.47. The minimum absolute atomic E-state index is 0.0862. The lowest BCUT2D eigenvalue weighted by molar-refractivity contribution is -0.134. The summed E-state index contributed by atoms with van der Waals surface area (Å²) in [5.74, 6) is -1.29. The molecule has 16 heavy (non-hydrogen) atoms. The third-order valence-electron chi connectivity index (χ3n) is 2.21. The van der Waals surface area contributed by atoms with E-state index in [9.17, 15) is 18.0 Å². The molecule has 0 spiro atoms. The van der Waals surface area contributed by atoms with Crippen LogP contribution in [0, 0.1) is 0 Å². The topological polar surface area (TPSA) is 80.3 Å². The van der Waals surface area contributed by atoms with Crippen LogP contribution in [0.25, 0.3) is 0 Å². The van der Waals surface area contributed by atoms with Crippen LogP contribution in [0.4, 0.5) is 5.69 Å². The van der Waals surface area contributed by atoms with Crippen LogP contribution in [0.5, 0.6) is 0 Å². The number of fused-ring (bicyclic) bond motifs is 1. The third-order valence-corrected chi connectivity index (χ3v) is 3.56. The van der Waals surface area contributed by atoms with Crippen molar-refractivity contribution in [3.8, 4) is 0 Å². The second-order valence-electron chi connectivity index (χ2n) is 3.31. The Labute approximate surface area is 95.8 Å². The summed E-state index contributed by atoms with van der Waals surface area (Å²) in [6, 6.07) is 3.97. The number of anilines is 1. The Morgan fingerprint density at radius 1 is 1.25 bits per heavy atom. The first-order valence-electron chi connectivity index (χ1n) is 4.30. The molecule has 84 valence electrons. The molecule has 0 radical (unpaired) electrons. The van der Waals surface area contributed by atoms with E-state index >= 15 is 0 Å². The molecule has 1 N–H and O–H groups in total. The van der Waals surface area contributed by atoms with Crippen LogP contribution in [-0.2, 0) is 25.1 Å². The molecule has 0 saturated carbocycles. The van der Waals surface area contributed by atoms with Gasteiger partial charge in [0.15, 0.2) is 0 Å². The van der Waals surface area contributed by atoms with Crippen molar-refractivity contribution in [2.45, 2.75) is 11.3 Å². The fourth-order valence-corrected chi connectivity index (χ4v) is 2.24. The van der Waals surface area contributed by atoms with Gasteiger partial charge in [-0.05, 0) is 23.8 Å². The molecule has 1 aromatic rings. The molecule has 0 aromatic heterocycles. The highest BCUT2D eigenvalue weighted by Crippen LogP contribution is 2.25. The van der Waals surface area contributed by atoms with Crippen molar-refractivity contribution in [3.63, 3.8) is 0 Å². The quantitative estimate of drug-likeness (QED) is 0.594. The molecule has 0 unspecified atom stereocenters. The maximum absolute atomic E-state index is 11.1. The van der Waals surface area contributed by atoms with E-state index in [0.717, 1.165) is 0 Å². The van der Waals surface area contributed by atoms with Crippen LogP contribution >= 0.6 is 10.7 Å². The van der Waals surface area contributed by atoms with Crippen molar-refractivity contribution < 1.29 is 18.0 Å². The lowest BCUT2D eigenvalue weighted by atomic mass is 10.0. The molecule has 5 nitrogen and oxygen atoms in total. The molecule has 1 aliphatic heterocycles. The van der Waals surface area contributed by atoms with Crippen molar-refractivity contribution in [1.82, 2.24) is 0 Å². The van der Waals surface area contributed by atoms with Crippen molar-refractivity contribution in [1.29, 1.82) is 0 Å². The zero-order valence-corrected chi connectivity index (χ0v) is 9.43. The summed E-state index contributed by atoms with van der Waals surface area (Å²) in [4.78, 5) is 22.1. The molecular weight excluding hydrogens is 254 g/mol. The number of carbonyl (C=O) groups excluding carboxylic acids is 2. The van der Waals surface area contributed by atoms with Gasteiger partial charge in [-0.3, -0.25) is 9.59 Å². The van der Waals surface area contributed by atoms with E-state index in [1.165, 1.54) is 18.2 Å². The van der Waals surface area contributed by atoms with Gasteiger partial charge in [0.2, 0.25) is 5.78 Å². The Bertz CT molecular complexity index is 594. The summed E-state index contributed by atoms with van der Waals surface area (Å²) in [7, 11) is 1.35. The van der Waals surface area contributed by atoms with Crippen LogP contribution in [0.1, 0.15) is 5.56 Å². The van der Waals surface area contributed by atoms with E-state index in [1.807, 2.05) is 0 Å². The summed E-state index contributed by atoms with van der Waals surface area (Å²) >= 11 is 0. The first kappa shape index (κ1) is 11.1.